The predicted octanol–water partition coefficient (Wildman–Crippen LogP) is 3.79. The van der Waals surface area contributed by atoms with Crippen molar-refractivity contribution in [3.63, 3.8) is 0 Å². The lowest BCUT2D eigenvalue weighted by atomic mass is 9.99. The Bertz CT molecular complexity index is 1700. The molecule has 1 aliphatic rings. The van der Waals surface area contributed by atoms with E-state index in [2.05, 4.69) is 41.3 Å². The Hall–Kier alpha value is -4.92. The van der Waals surface area contributed by atoms with Crippen molar-refractivity contribution in [1.82, 2.24) is 40.2 Å². The third kappa shape index (κ3) is 2.67. The van der Waals surface area contributed by atoms with Gasteiger partial charge in [0, 0.05) is 11.8 Å². The van der Waals surface area contributed by atoms with Crippen LogP contribution < -0.4 is 5.32 Å². The molecule has 34 heavy (non-hydrogen) atoms. The summed E-state index contributed by atoms with van der Waals surface area (Å²) < 4.78 is 0. The van der Waals surface area contributed by atoms with Gasteiger partial charge >= 0.3 is 0 Å². The van der Waals surface area contributed by atoms with E-state index in [0.29, 0.717) is 11.2 Å². The van der Waals surface area contributed by atoms with Crippen molar-refractivity contribution in [3.8, 4) is 22.5 Å². The van der Waals surface area contributed by atoms with Crippen molar-refractivity contribution < 1.29 is 4.79 Å². The highest BCUT2D eigenvalue weighted by Gasteiger charge is 2.33. The van der Waals surface area contributed by atoms with E-state index in [9.17, 15) is 4.79 Å². The molecule has 0 spiro atoms. The monoisotopic (exact) mass is 444 g/mol. The van der Waals surface area contributed by atoms with Gasteiger partial charge in [-0.05, 0) is 28.3 Å². The van der Waals surface area contributed by atoms with Gasteiger partial charge in [-0.15, -0.1) is 0 Å². The quantitative estimate of drug-likeness (QED) is 0.381. The Balaban J connectivity index is 1.36. The van der Waals surface area contributed by atoms with E-state index >= 15 is 0 Å². The summed E-state index contributed by atoms with van der Waals surface area (Å²) in [4.78, 5) is 41.1. The summed E-state index contributed by atoms with van der Waals surface area (Å²) in [6.45, 7) is 0. The molecule has 9 nitrogen and oxygen atoms in total. The molecule has 4 aromatic heterocycles. The molecular formula is C25H16N8O. The molecule has 1 unspecified atom stereocenters. The molecule has 6 aromatic rings. The molecule has 0 aliphatic heterocycles. The van der Waals surface area contributed by atoms with Crippen LogP contribution >= 0.6 is 0 Å². The number of H-pyrrole nitrogens is 2. The SMILES string of the molecule is O=C(NC1c2ccccc2-c2c(-c3nc4ccncc4[nH]3)cccc21)c1ncnc2nc[nH]c12. The van der Waals surface area contributed by atoms with Crippen LogP contribution in [0.25, 0.3) is 44.7 Å². The molecule has 4 heterocycles. The van der Waals surface area contributed by atoms with Crippen LogP contribution in [0.3, 0.4) is 0 Å². The number of benzene rings is 2. The molecule has 0 saturated carbocycles. The molecule has 162 valence electrons. The molecule has 0 saturated heterocycles. The van der Waals surface area contributed by atoms with E-state index in [1.54, 1.807) is 12.4 Å². The fourth-order valence-electron chi connectivity index (χ4n) is 4.73. The number of carbonyl (C=O) groups is 1. The third-order valence-corrected chi connectivity index (χ3v) is 6.20. The lowest BCUT2D eigenvalue weighted by Gasteiger charge is -2.16. The third-order valence-electron chi connectivity index (χ3n) is 6.20. The van der Waals surface area contributed by atoms with Gasteiger partial charge in [-0.3, -0.25) is 9.78 Å². The average molecular weight is 444 g/mol. The number of carbonyl (C=O) groups excluding carboxylic acids is 1. The first-order chi connectivity index (χ1) is 16.8. The molecule has 0 radical (unpaired) electrons. The predicted molar refractivity (Wildman–Crippen MR) is 126 cm³/mol. The van der Waals surface area contributed by atoms with Gasteiger partial charge in [-0.2, -0.15) is 0 Å². The first-order valence-electron chi connectivity index (χ1n) is 10.7. The van der Waals surface area contributed by atoms with Crippen molar-refractivity contribution in [2.24, 2.45) is 0 Å². The summed E-state index contributed by atoms with van der Waals surface area (Å²) in [6.07, 6.45) is 6.35. The number of rotatable bonds is 3. The van der Waals surface area contributed by atoms with E-state index in [-0.39, 0.29) is 17.6 Å². The summed E-state index contributed by atoms with van der Waals surface area (Å²) in [5, 5.41) is 3.18. The molecule has 1 atom stereocenters. The Morgan fingerprint density at radius 1 is 0.941 bits per heavy atom. The second kappa shape index (κ2) is 7.04. The standard InChI is InChI=1S/C25H16N8O/c34-25(22-21-24(29-11-27-21)30-12-28-22)33-20-14-5-2-1-4-13(14)19-15(20)6-3-7-16(19)23-31-17-8-9-26-10-18(17)32-23/h1-12,20H,(H,31,32)(H,33,34)(H,27,28,29,30). The molecule has 3 N–H and O–H groups in total. The van der Waals surface area contributed by atoms with E-state index in [4.69, 9.17) is 4.98 Å². The molecule has 0 fully saturated rings. The van der Waals surface area contributed by atoms with Crippen LogP contribution in [0.5, 0.6) is 0 Å². The van der Waals surface area contributed by atoms with Crippen LogP contribution in [0.1, 0.15) is 27.7 Å². The molecular weight excluding hydrogens is 428 g/mol. The Morgan fingerprint density at radius 3 is 2.76 bits per heavy atom. The maximum absolute atomic E-state index is 13.3. The lowest BCUT2D eigenvalue weighted by Crippen LogP contribution is -2.29. The van der Waals surface area contributed by atoms with Crippen LogP contribution in [-0.4, -0.2) is 40.8 Å². The fraction of sp³-hybridized carbons (Fsp3) is 0.0400. The smallest absolute Gasteiger partial charge is 0.273 e. The lowest BCUT2D eigenvalue weighted by molar-refractivity contribution is 0.0940. The van der Waals surface area contributed by atoms with E-state index in [0.717, 1.165) is 44.7 Å². The summed E-state index contributed by atoms with van der Waals surface area (Å²) in [7, 11) is 0. The van der Waals surface area contributed by atoms with E-state index < -0.39 is 0 Å². The molecule has 7 rings (SSSR count). The van der Waals surface area contributed by atoms with E-state index in [1.165, 1.54) is 12.7 Å². The van der Waals surface area contributed by atoms with Gasteiger partial charge in [0.1, 0.15) is 17.7 Å². The van der Waals surface area contributed by atoms with Gasteiger partial charge in [0.15, 0.2) is 11.3 Å². The van der Waals surface area contributed by atoms with Gasteiger partial charge < -0.3 is 15.3 Å². The highest BCUT2D eigenvalue weighted by atomic mass is 16.2. The zero-order valence-electron chi connectivity index (χ0n) is 17.6. The molecule has 1 aliphatic carbocycles. The number of nitrogens with zero attached hydrogens (tertiary/aromatic N) is 5. The number of imidazole rings is 2. The van der Waals surface area contributed by atoms with Gasteiger partial charge in [-0.1, -0.05) is 42.5 Å². The van der Waals surface area contributed by atoms with E-state index in [1.807, 2.05) is 42.5 Å². The number of hydrogen-bond acceptors (Lipinski definition) is 6. The molecule has 2 aromatic carbocycles. The summed E-state index contributed by atoms with van der Waals surface area (Å²) in [6, 6.07) is 15.7. The topological polar surface area (TPSA) is 125 Å². The van der Waals surface area contributed by atoms with Crippen molar-refractivity contribution in [3.05, 3.63) is 90.4 Å². The minimum atomic E-state index is -0.336. The van der Waals surface area contributed by atoms with Crippen molar-refractivity contribution in [2.75, 3.05) is 0 Å². The zero-order valence-corrected chi connectivity index (χ0v) is 17.6. The van der Waals surface area contributed by atoms with Crippen LogP contribution in [-0.2, 0) is 0 Å². The second-order valence-corrected chi connectivity index (χ2v) is 8.07. The van der Waals surface area contributed by atoms with Gasteiger partial charge in [0.2, 0.25) is 0 Å². The maximum Gasteiger partial charge on any atom is 0.273 e. The van der Waals surface area contributed by atoms with Crippen molar-refractivity contribution in [2.45, 2.75) is 6.04 Å². The molecule has 1 amide bonds. The molecule has 0 bridgehead atoms. The highest BCUT2D eigenvalue weighted by Crippen LogP contribution is 2.47. The second-order valence-electron chi connectivity index (χ2n) is 8.07. The highest BCUT2D eigenvalue weighted by molar-refractivity contribution is 6.03. The van der Waals surface area contributed by atoms with Crippen LogP contribution in [0, 0.1) is 0 Å². The summed E-state index contributed by atoms with van der Waals surface area (Å²) >= 11 is 0. The van der Waals surface area contributed by atoms with Crippen molar-refractivity contribution in [1.29, 1.82) is 0 Å². The number of amides is 1. The van der Waals surface area contributed by atoms with Crippen LogP contribution in [0.4, 0.5) is 0 Å². The number of fused-ring (bicyclic) bond motifs is 5. The Labute approximate surface area is 192 Å². The number of hydrogen-bond donors (Lipinski definition) is 3. The summed E-state index contributed by atoms with van der Waals surface area (Å²) in [5.74, 6) is 0.459. The fourth-order valence-corrected chi connectivity index (χ4v) is 4.73. The Morgan fingerprint density at radius 2 is 1.82 bits per heavy atom. The average Bonchev–Trinajstić information content (AvgIpc) is 3.60. The van der Waals surface area contributed by atoms with Gasteiger partial charge in [-0.25, -0.2) is 19.9 Å². The maximum atomic E-state index is 13.3. The number of aromatic amines is 2. The number of nitrogens with one attached hydrogen (secondary N) is 3. The first kappa shape index (κ1) is 18.6. The number of aromatic nitrogens is 7. The minimum Gasteiger partial charge on any atom is -0.341 e. The molecule has 9 heteroatoms. The zero-order chi connectivity index (χ0) is 22.6. The minimum absolute atomic E-state index is 0.259. The largest absolute Gasteiger partial charge is 0.341 e. The summed E-state index contributed by atoms with van der Waals surface area (Å²) in [5.41, 5.74) is 8.04. The van der Waals surface area contributed by atoms with Gasteiger partial charge in [0.05, 0.1) is 29.6 Å². The first-order valence-corrected chi connectivity index (χ1v) is 10.7. The van der Waals surface area contributed by atoms with Crippen LogP contribution in [0.15, 0.2) is 73.6 Å². The van der Waals surface area contributed by atoms with Gasteiger partial charge in [0.25, 0.3) is 5.91 Å². The van der Waals surface area contributed by atoms with Crippen molar-refractivity contribution >= 4 is 28.1 Å². The van der Waals surface area contributed by atoms with Crippen LogP contribution in [0.2, 0.25) is 0 Å². The normalized spacial score (nSPS) is 14.3. The number of pyridine rings is 1. The Kier molecular flexibility index (Phi) is 3.86.